The lowest BCUT2D eigenvalue weighted by atomic mass is 10.1. The van der Waals surface area contributed by atoms with Gasteiger partial charge >= 0.3 is 12.1 Å². The number of nitrogens with two attached hydrogens (primary N) is 1. The first-order valence-electron chi connectivity index (χ1n) is 6.38. The van der Waals surface area contributed by atoms with Crippen LogP contribution in [-0.4, -0.2) is 38.9 Å². The van der Waals surface area contributed by atoms with Crippen molar-refractivity contribution in [1.29, 1.82) is 0 Å². The largest absolute Gasteiger partial charge is 0.508 e. The lowest BCUT2D eigenvalue weighted by Crippen LogP contribution is -2.52. The Morgan fingerprint density at radius 3 is 2.24 bits per heavy atom. The van der Waals surface area contributed by atoms with E-state index >= 15 is 0 Å². The highest BCUT2D eigenvalue weighted by atomic mass is 16.6. The average Bonchev–Trinajstić information content (AvgIpc) is 2.34. The molecule has 21 heavy (non-hydrogen) atoms. The number of phenolic OH excluding ortho intramolecular Hbond substituents is 1. The van der Waals surface area contributed by atoms with Crippen LogP contribution in [0.25, 0.3) is 0 Å². The first kappa shape index (κ1) is 16.8. The van der Waals surface area contributed by atoms with Crippen LogP contribution in [0.3, 0.4) is 0 Å². The topological polar surface area (TPSA) is 113 Å². The molecule has 0 spiro atoms. The number of hydrogen-bond donors (Lipinski definition) is 3. The molecule has 1 aromatic carbocycles. The number of aliphatic carboxylic acids is 1. The second kappa shape index (κ2) is 6.45. The molecule has 0 saturated carbocycles. The standard InChI is InChI=1S/C14H20N2O5/c1-14(2,3)21-13(20)16(15)11(12(18)19)8-9-4-6-10(17)7-5-9/h4-7,11,17H,8,15H2,1-3H3,(H,18,19)/t11-/m0/s1. The second-order valence-electron chi connectivity index (χ2n) is 5.61. The van der Waals surface area contributed by atoms with E-state index in [1.807, 2.05) is 0 Å². The molecule has 1 aromatic rings. The third-order valence-electron chi connectivity index (χ3n) is 2.59. The van der Waals surface area contributed by atoms with Crippen molar-refractivity contribution in [2.45, 2.75) is 38.8 Å². The summed E-state index contributed by atoms with van der Waals surface area (Å²) in [6.45, 7) is 4.98. The van der Waals surface area contributed by atoms with E-state index in [0.717, 1.165) is 0 Å². The van der Waals surface area contributed by atoms with Crippen LogP contribution in [0.15, 0.2) is 24.3 Å². The summed E-state index contributed by atoms with van der Waals surface area (Å²) in [5.41, 5.74) is -0.143. The fraction of sp³-hybridized carbons (Fsp3) is 0.429. The monoisotopic (exact) mass is 296 g/mol. The van der Waals surface area contributed by atoms with Gasteiger partial charge < -0.3 is 14.9 Å². The molecule has 0 fully saturated rings. The van der Waals surface area contributed by atoms with Crippen molar-refractivity contribution >= 4 is 12.1 Å². The number of carboxylic acids is 1. The Hall–Kier alpha value is -2.28. The fourth-order valence-electron chi connectivity index (χ4n) is 1.60. The number of amides is 1. The molecule has 116 valence electrons. The number of phenols is 1. The molecule has 0 bridgehead atoms. The highest BCUT2D eigenvalue weighted by molar-refractivity contribution is 5.80. The van der Waals surface area contributed by atoms with Gasteiger partial charge in [0.2, 0.25) is 0 Å². The summed E-state index contributed by atoms with van der Waals surface area (Å²) in [7, 11) is 0. The maximum Gasteiger partial charge on any atom is 0.425 e. The van der Waals surface area contributed by atoms with Crippen LogP contribution in [0.1, 0.15) is 26.3 Å². The molecule has 1 amide bonds. The molecule has 4 N–H and O–H groups in total. The number of nitrogens with zero attached hydrogens (tertiary/aromatic N) is 1. The fourth-order valence-corrected chi connectivity index (χ4v) is 1.60. The number of hydrogen-bond acceptors (Lipinski definition) is 5. The van der Waals surface area contributed by atoms with E-state index in [1.54, 1.807) is 32.9 Å². The summed E-state index contributed by atoms with van der Waals surface area (Å²) in [4.78, 5) is 23.1. The molecule has 0 aliphatic rings. The zero-order valence-corrected chi connectivity index (χ0v) is 12.2. The van der Waals surface area contributed by atoms with Crippen LogP contribution >= 0.6 is 0 Å². The quantitative estimate of drug-likeness (QED) is 0.441. The first-order valence-corrected chi connectivity index (χ1v) is 6.38. The minimum absolute atomic E-state index is 0.00531. The van der Waals surface area contributed by atoms with Gasteiger partial charge in [-0.1, -0.05) is 12.1 Å². The number of hydrazine groups is 1. The highest BCUT2D eigenvalue weighted by Gasteiger charge is 2.31. The number of ether oxygens (including phenoxy) is 1. The van der Waals surface area contributed by atoms with Gasteiger partial charge in [-0.25, -0.2) is 20.4 Å². The second-order valence-corrected chi connectivity index (χ2v) is 5.61. The molecule has 1 rings (SSSR count). The van der Waals surface area contributed by atoms with Crippen molar-refractivity contribution in [3.8, 4) is 5.75 Å². The van der Waals surface area contributed by atoms with Crippen molar-refractivity contribution < 1.29 is 24.5 Å². The smallest absolute Gasteiger partial charge is 0.425 e. The van der Waals surface area contributed by atoms with Crippen molar-refractivity contribution in [2.24, 2.45) is 5.84 Å². The predicted molar refractivity (Wildman–Crippen MR) is 75.5 cm³/mol. The molecule has 0 saturated heterocycles. The van der Waals surface area contributed by atoms with E-state index < -0.39 is 23.7 Å². The average molecular weight is 296 g/mol. The zero-order valence-electron chi connectivity index (χ0n) is 12.2. The van der Waals surface area contributed by atoms with Gasteiger partial charge in [0.25, 0.3) is 0 Å². The Kier molecular flexibility index (Phi) is 5.15. The molecule has 0 aliphatic heterocycles. The zero-order chi connectivity index (χ0) is 16.2. The molecule has 7 nitrogen and oxygen atoms in total. The van der Waals surface area contributed by atoms with E-state index in [2.05, 4.69) is 0 Å². The van der Waals surface area contributed by atoms with Crippen molar-refractivity contribution in [3.63, 3.8) is 0 Å². The third kappa shape index (κ3) is 5.31. The van der Waals surface area contributed by atoms with E-state index in [0.29, 0.717) is 10.6 Å². The first-order chi connectivity index (χ1) is 9.60. The molecular weight excluding hydrogens is 276 g/mol. The number of carboxylic acid groups (broad SMARTS) is 1. The molecule has 1 atom stereocenters. The van der Waals surface area contributed by atoms with Gasteiger partial charge in [-0.05, 0) is 38.5 Å². The van der Waals surface area contributed by atoms with Crippen LogP contribution in [0, 0.1) is 0 Å². The molecule has 0 heterocycles. The summed E-state index contributed by atoms with van der Waals surface area (Å²) in [6.07, 6.45) is -0.903. The number of aromatic hydroxyl groups is 1. The van der Waals surface area contributed by atoms with E-state index in [9.17, 15) is 19.8 Å². The van der Waals surface area contributed by atoms with Gasteiger partial charge in [0.15, 0.2) is 6.04 Å². The highest BCUT2D eigenvalue weighted by Crippen LogP contribution is 2.15. The van der Waals surface area contributed by atoms with E-state index in [1.165, 1.54) is 12.1 Å². The van der Waals surface area contributed by atoms with Gasteiger partial charge in [0.1, 0.15) is 11.4 Å². The Labute approximate surface area is 122 Å². The van der Waals surface area contributed by atoms with Crippen LogP contribution in [-0.2, 0) is 16.0 Å². The van der Waals surface area contributed by atoms with Gasteiger partial charge in [-0.15, -0.1) is 0 Å². The van der Waals surface area contributed by atoms with Crippen LogP contribution in [0.4, 0.5) is 4.79 Å². The van der Waals surface area contributed by atoms with Crippen LogP contribution < -0.4 is 5.84 Å². The Bertz CT molecular complexity index is 507. The van der Waals surface area contributed by atoms with Gasteiger partial charge in [-0.3, -0.25) is 0 Å². The molecule has 0 aliphatic carbocycles. The number of carbonyl (C=O) groups excluding carboxylic acids is 1. The van der Waals surface area contributed by atoms with Crippen molar-refractivity contribution in [2.75, 3.05) is 0 Å². The third-order valence-corrected chi connectivity index (χ3v) is 2.59. The summed E-state index contributed by atoms with van der Waals surface area (Å²) >= 11 is 0. The molecule has 0 radical (unpaired) electrons. The summed E-state index contributed by atoms with van der Waals surface area (Å²) < 4.78 is 5.05. The maximum atomic E-state index is 11.8. The SMILES string of the molecule is CC(C)(C)OC(=O)N(N)[C@@H](Cc1ccc(O)cc1)C(=O)O. The predicted octanol–water partition coefficient (Wildman–Crippen LogP) is 1.50. The normalized spacial score (nSPS) is 12.6. The minimum atomic E-state index is -1.26. The van der Waals surface area contributed by atoms with Crippen LogP contribution in [0.5, 0.6) is 5.75 Å². The maximum absolute atomic E-state index is 11.8. The summed E-state index contributed by atoms with van der Waals surface area (Å²) in [5.74, 6) is 4.41. The lowest BCUT2D eigenvalue weighted by Gasteiger charge is -2.28. The Morgan fingerprint density at radius 1 is 1.29 bits per heavy atom. The van der Waals surface area contributed by atoms with Crippen LogP contribution in [0.2, 0.25) is 0 Å². The molecular formula is C14H20N2O5. The molecule has 0 aromatic heterocycles. The number of rotatable bonds is 4. The van der Waals surface area contributed by atoms with Crippen molar-refractivity contribution in [3.05, 3.63) is 29.8 Å². The Morgan fingerprint density at radius 2 is 1.81 bits per heavy atom. The molecule has 7 heteroatoms. The van der Waals surface area contributed by atoms with Crippen molar-refractivity contribution in [1.82, 2.24) is 5.01 Å². The summed E-state index contributed by atoms with van der Waals surface area (Å²) in [6, 6.07) is 4.73. The summed E-state index contributed by atoms with van der Waals surface area (Å²) in [5, 5.41) is 19.0. The van der Waals surface area contributed by atoms with Gasteiger partial charge in [-0.2, -0.15) is 0 Å². The van der Waals surface area contributed by atoms with E-state index in [4.69, 9.17) is 10.6 Å². The van der Waals surface area contributed by atoms with Gasteiger partial charge in [0, 0.05) is 6.42 Å². The van der Waals surface area contributed by atoms with E-state index in [-0.39, 0.29) is 12.2 Å². The van der Waals surface area contributed by atoms with Gasteiger partial charge in [0.05, 0.1) is 0 Å². The minimum Gasteiger partial charge on any atom is -0.508 e. The number of carbonyl (C=O) groups is 2. The number of benzene rings is 1. The lowest BCUT2D eigenvalue weighted by molar-refractivity contribution is -0.143. The Balaban J connectivity index is 2.83. The molecule has 0 unspecified atom stereocenters.